The molecule has 0 amide bonds. The van der Waals surface area contributed by atoms with Crippen LogP contribution in [0.3, 0.4) is 0 Å². The maximum Gasteiger partial charge on any atom is 1.00 e. The zero-order valence-electron chi connectivity index (χ0n) is 15.3. The van der Waals surface area contributed by atoms with Gasteiger partial charge in [0.15, 0.2) is 23.0 Å². The van der Waals surface area contributed by atoms with Gasteiger partial charge in [0.1, 0.15) is 0 Å². The van der Waals surface area contributed by atoms with Crippen LogP contribution in [0.4, 0.5) is 0 Å². The molecule has 29 heavy (non-hydrogen) atoms. The number of hydrogen-bond acceptors (Lipinski definition) is 7. The summed E-state index contributed by atoms with van der Waals surface area (Å²) in [5.41, 5.74) is 1.38. The van der Waals surface area contributed by atoms with Gasteiger partial charge in [0.25, 0.3) is 0 Å². The third kappa shape index (κ3) is 3.23. The van der Waals surface area contributed by atoms with Crippen LogP contribution in [0, 0.1) is 3.57 Å². The van der Waals surface area contributed by atoms with Gasteiger partial charge in [0.05, 0.1) is 12.6 Å². The molecular formula is C20H12INaO7. The Kier molecular flexibility index (Phi) is 5.56. The van der Waals surface area contributed by atoms with Crippen LogP contribution in [-0.4, -0.2) is 24.7 Å². The van der Waals surface area contributed by atoms with E-state index in [4.69, 9.17) is 18.9 Å². The minimum absolute atomic E-state index is 0. The van der Waals surface area contributed by atoms with Crippen LogP contribution < -0.4 is 53.6 Å². The standard InChI is InChI=1S/C20H13IO7.Na/c21-13-5-16-19(28-8-27-16)18-11(13)4-10(20(23)24)12(6-22)17(18)9-1-2-14-15(3-9)26-7-25-14;/h1-5,22H,6-8H2,(H,23,24);/q;+1/p-1. The van der Waals surface area contributed by atoms with Crippen molar-refractivity contribution in [1.29, 1.82) is 0 Å². The van der Waals surface area contributed by atoms with E-state index in [1.807, 2.05) is 0 Å². The Morgan fingerprint density at radius 3 is 2.52 bits per heavy atom. The van der Waals surface area contributed by atoms with E-state index in [0.29, 0.717) is 44.9 Å². The Bertz CT molecular complexity index is 1160. The van der Waals surface area contributed by atoms with Crippen molar-refractivity contribution in [2.75, 3.05) is 13.6 Å². The number of carboxylic acid groups (broad SMARTS) is 1. The predicted molar refractivity (Wildman–Crippen MR) is 105 cm³/mol. The molecule has 0 saturated heterocycles. The molecule has 2 heterocycles. The molecule has 3 aromatic carbocycles. The number of halogens is 1. The monoisotopic (exact) mass is 514 g/mol. The number of fused-ring (bicyclic) bond motifs is 4. The van der Waals surface area contributed by atoms with Crippen molar-refractivity contribution >= 4 is 39.3 Å². The number of aliphatic hydroxyl groups is 1. The molecule has 0 aliphatic carbocycles. The molecule has 0 saturated carbocycles. The molecule has 0 atom stereocenters. The molecule has 142 valence electrons. The molecule has 7 nitrogen and oxygen atoms in total. The second kappa shape index (κ2) is 7.84. The number of ether oxygens (including phenoxy) is 4. The summed E-state index contributed by atoms with van der Waals surface area (Å²) in [5, 5.41) is 23.2. The normalized spacial score (nSPS) is 13.4. The fourth-order valence-corrected chi connectivity index (χ4v) is 4.36. The second-order valence-corrected chi connectivity index (χ2v) is 7.47. The van der Waals surface area contributed by atoms with E-state index in [9.17, 15) is 15.0 Å². The summed E-state index contributed by atoms with van der Waals surface area (Å²) < 4.78 is 22.9. The smallest absolute Gasteiger partial charge is 0.545 e. The van der Waals surface area contributed by atoms with Crippen molar-refractivity contribution in [3.05, 3.63) is 45.0 Å². The van der Waals surface area contributed by atoms with Crippen LogP contribution in [0.15, 0.2) is 30.3 Å². The fourth-order valence-electron chi connectivity index (χ4n) is 3.65. The molecule has 0 aromatic heterocycles. The maximum atomic E-state index is 11.8. The van der Waals surface area contributed by atoms with Crippen molar-refractivity contribution in [3.63, 3.8) is 0 Å². The maximum absolute atomic E-state index is 11.8. The van der Waals surface area contributed by atoms with Gasteiger partial charge in [0.2, 0.25) is 13.6 Å². The number of carbonyl (C=O) groups excluding carboxylic acids is 1. The molecule has 0 spiro atoms. The first kappa shape index (κ1) is 20.5. The summed E-state index contributed by atoms with van der Waals surface area (Å²) in [4.78, 5) is 11.8. The molecule has 0 bridgehead atoms. The average Bonchev–Trinajstić information content (AvgIpc) is 3.34. The van der Waals surface area contributed by atoms with Crippen molar-refractivity contribution in [2.45, 2.75) is 6.61 Å². The molecule has 5 rings (SSSR count). The minimum atomic E-state index is -1.36. The first-order valence-electron chi connectivity index (χ1n) is 8.38. The van der Waals surface area contributed by atoms with E-state index < -0.39 is 12.6 Å². The topological polar surface area (TPSA) is 97.3 Å². The number of carbonyl (C=O) groups is 1. The van der Waals surface area contributed by atoms with E-state index in [2.05, 4.69) is 22.6 Å². The number of hydrogen-bond donors (Lipinski definition) is 1. The third-order valence-electron chi connectivity index (χ3n) is 4.86. The second-order valence-electron chi connectivity index (χ2n) is 6.31. The average molecular weight is 514 g/mol. The molecule has 9 heteroatoms. The van der Waals surface area contributed by atoms with E-state index in [1.54, 1.807) is 24.3 Å². The molecule has 1 N–H and O–H groups in total. The van der Waals surface area contributed by atoms with Crippen LogP contribution >= 0.6 is 22.6 Å². The number of benzene rings is 3. The summed E-state index contributed by atoms with van der Waals surface area (Å²) in [6.45, 7) is -0.290. The Morgan fingerprint density at radius 2 is 1.76 bits per heavy atom. The van der Waals surface area contributed by atoms with Gasteiger partial charge in [-0.05, 0) is 63.5 Å². The minimum Gasteiger partial charge on any atom is -0.545 e. The number of carboxylic acids is 1. The summed E-state index contributed by atoms with van der Waals surface area (Å²) in [6.07, 6.45) is 0. The van der Waals surface area contributed by atoms with Gasteiger partial charge < -0.3 is 34.0 Å². The van der Waals surface area contributed by atoms with Gasteiger partial charge in [-0.15, -0.1) is 0 Å². The number of aliphatic hydroxyl groups excluding tert-OH is 1. The van der Waals surface area contributed by atoms with Crippen molar-refractivity contribution in [3.8, 4) is 34.1 Å². The molecule has 2 aliphatic heterocycles. The molecule has 0 unspecified atom stereocenters. The Balaban J connectivity index is 0.00000205. The molecule has 0 radical (unpaired) electrons. The van der Waals surface area contributed by atoms with Crippen molar-refractivity contribution in [1.82, 2.24) is 0 Å². The Morgan fingerprint density at radius 1 is 1.03 bits per heavy atom. The van der Waals surface area contributed by atoms with Gasteiger partial charge in [0, 0.05) is 19.9 Å². The predicted octanol–water partition coefficient (Wildman–Crippen LogP) is -0.571. The van der Waals surface area contributed by atoms with Gasteiger partial charge in [-0.3, -0.25) is 0 Å². The largest absolute Gasteiger partial charge is 1.00 e. The van der Waals surface area contributed by atoms with Crippen LogP contribution in [0.2, 0.25) is 0 Å². The van der Waals surface area contributed by atoms with Crippen LogP contribution in [0.5, 0.6) is 23.0 Å². The summed E-state index contributed by atoms with van der Waals surface area (Å²) in [7, 11) is 0. The Labute approximate surface area is 200 Å². The first-order chi connectivity index (χ1) is 13.6. The van der Waals surface area contributed by atoms with Gasteiger partial charge in [-0.1, -0.05) is 6.07 Å². The zero-order valence-corrected chi connectivity index (χ0v) is 19.4. The molecule has 2 aliphatic rings. The van der Waals surface area contributed by atoms with E-state index in [1.165, 1.54) is 6.07 Å². The van der Waals surface area contributed by atoms with Gasteiger partial charge in [-0.2, -0.15) is 0 Å². The van der Waals surface area contributed by atoms with E-state index in [0.717, 1.165) is 3.57 Å². The number of aromatic carboxylic acids is 1. The van der Waals surface area contributed by atoms with E-state index in [-0.39, 0.29) is 54.3 Å². The Hall–Kier alpha value is -1.72. The molecule has 0 fully saturated rings. The summed E-state index contributed by atoms with van der Waals surface area (Å²) in [5.74, 6) is 0.884. The van der Waals surface area contributed by atoms with Crippen LogP contribution in [-0.2, 0) is 6.61 Å². The summed E-state index contributed by atoms with van der Waals surface area (Å²) in [6, 6.07) is 8.62. The van der Waals surface area contributed by atoms with Crippen molar-refractivity contribution < 1.29 is 63.5 Å². The summed E-state index contributed by atoms with van der Waals surface area (Å²) >= 11 is 2.12. The zero-order chi connectivity index (χ0) is 19.4. The first-order valence-corrected chi connectivity index (χ1v) is 9.46. The SMILES string of the molecule is O=C([O-])c1cc2c(I)cc3c(c2c(-c2ccc4c(c2)OCO4)c1CO)OCO3.[Na+]. The van der Waals surface area contributed by atoms with Crippen LogP contribution in [0.1, 0.15) is 15.9 Å². The number of rotatable bonds is 3. The fraction of sp³-hybridized carbons (Fsp3) is 0.150. The van der Waals surface area contributed by atoms with Crippen LogP contribution in [0.25, 0.3) is 21.9 Å². The van der Waals surface area contributed by atoms with Gasteiger partial charge in [-0.25, -0.2) is 0 Å². The van der Waals surface area contributed by atoms with E-state index >= 15 is 0 Å². The third-order valence-corrected chi connectivity index (χ3v) is 5.75. The van der Waals surface area contributed by atoms with Crippen molar-refractivity contribution in [2.24, 2.45) is 0 Å². The molecule has 3 aromatic rings. The molecular weight excluding hydrogens is 502 g/mol. The van der Waals surface area contributed by atoms with Gasteiger partial charge >= 0.3 is 29.6 Å². The quantitative estimate of drug-likeness (QED) is 0.370.